The second kappa shape index (κ2) is 7.71. The molecule has 0 bridgehead atoms. The highest BCUT2D eigenvalue weighted by molar-refractivity contribution is 7.20. The van der Waals surface area contributed by atoms with Crippen LogP contribution in [0.5, 0.6) is 16.7 Å². The number of aromatic nitrogens is 1. The molecular formula is C21H18F2N2O4S. The van der Waals surface area contributed by atoms with Gasteiger partial charge in [0.15, 0.2) is 17.3 Å². The lowest BCUT2D eigenvalue weighted by Crippen LogP contribution is -2.41. The van der Waals surface area contributed by atoms with Crippen molar-refractivity contribution < 1.29 is 27.8 Å². The fourth-order valence-electron chi connectivity index (χ4n) is 3.67. The summed E-state index contributed by atoms with van der Waals surface area (Å²) in [6, 6.07) is 7.28. The van der Waals surface area contributed by atoms with Crippen LogP contribution >= 0.6 is 11.3 Å². The summed E-state index contributed by atoms with van der Waals surface area (Å²) in [5.74, 6) is -0.165. The molecule has 3 aromatic rings. The van der Waals surface area contributed by atoms with Crippen molar-refractivity contribution in [3.8, 4) is 16.7 Å². The molecule has 156 valence electrons. The van der Waals surface area contributed by atoms with Crippen molar-refractivity contribution >= 4 is 27.5 Å². The van der Waals surface area contributed by atoms with Crippen molar-refractivity contribution in [2.75, 3.05) is 26.3 Å². The molecular weight excluding hydrogens is 414 g/mol. The van der Waals surface area contributed by atoms with Gasteiger partial charge in [-0.25, -0.2) is 8.78 Å². The van der Waals surface area contributed by atoms with Gasteiger partial charge in [-0.3, -0.25) is 4.79 Å². The molecule has 0 atom stereocenters. The van der Waals surface area contributed by atoms with Crippen LogP contribution in [0.3, 0.4) is 0 Å². The van der Waals surface area contributed by atoms with Crippen LogP contribution in [-0.2, 0) is 0 Å². The van der Waals surface area contributed by atoms with Gasteiger partial charge in [0.2, 0.25) is 0 Å². The Bertz CT molecular complexity index is 1110. The van der Waals surface area contributed by atoms with Crippen molar-refractivity contribution in [2.24, 2.45) is 0 Å². The van der Waals surface area contributed by atoms with Crippen molar-refractivity contribution in [3.05, 3.63) is 47.5 Å². The molecule has 0 unspecified atom stereocenters. The molecule has 6 nitrogen and oxygen atoms in total. The van der Waals surface area contributed by atoms with Crippen molar-refractivity contribution in [1.29, 1.82) is 0 Å². The van der Waals surface area contributed by atoms with Gasteiger partial charge in [-0.15, -0.1) is 0 Å². The van der Waals surface area contributed by atoms with Gasteiger partial charge in [-0.1, -0.05) is 11.3 Å². The number of hydrogen-bond acceptors (Lipinski definition) is 6. The lowest BCUT2D eigenvalue weighted by atomic mass is 10.1. The Hall–Kier alpha value is -2.94. The van der Waals surface area contributed by atoms with E-state index in [9.17, 15) is 13.6 Å². The normalized spacial score (nSPS) is 16.7. The molecule has 0 radical (unpaired) electrons. The van der Waals surface area contributed by atoms with E-state index in [1.165, 1.54) is 6.07 Å². The van der Waals surface area contributed by atoms with Crippen LogP contribution in [0.15, 0.2) is 30.3 Å². The topological polar surface area (TPSA) is 60.9 Å². The minimum atomic E-state index is -0.698. The van der Waals surface area contributed by atoms with Gasteiger partial charge in [-0.2, -0.15) is 4.98 Å². The quantitative estimate of drug-likeness (QED) is 0.626. The summed E-state index contributed by atoms with van der Waals surface area (Å²) in [6.45, 7) is 2.04. The number of carbonyl (C=O) groups is 1. The van der Waals surface area contributed by atoms with Crippen LogP contribution in [0.2, 0.25) is 0 Å². The number of carbonyl (C=O) groups excluding carboxylic acids is 1. The highest BCUT2D eigenvalue weighted by Crippen LogP contribution is 2.33. The van der Waals surface area contributed by atoms with E-state index in [1.807, 2.05) is 0 Å². The Morgan fingerprint density at radius 3 is 2.67 bits per heavy atom. The highest BCUT2D eigenvalue weighted by Gasteiger charge is 2.26. The second-order valence-corrected chi connectivity index (χ2v) is 8.18. The number of nitrogens with zero attached hydrogens (tertiary/aromatic N) is 2. The molecule has 5 rings (SSSR count). The molecule has 0 aliphatic carbocycles. The van der Waals surface area contributed by atoms with E-state index in [1.54, 1.807) is 23.1 Å². The van der Waals surface area contributed by atoms with E-state index in [-0.39, 0.29) is 17.5 Å². The zero-order valence-corrected chi connectivity index (χ0v) is 16.7. The van der Waals surface area contributed by atoms with Gasteiger partial charge in [0.05, 0.1) is 4.70 Å². The first-order valence-electron chi connectivity index (χ1n) is 9.68. The average Bonchev–Trinajstić information content (AvgIpc) is 3.16. The number of ether oxygens (including phenoxy) is 3. The SMILES string of the molecule is O=C(c1ccc2c(c1)OCCO2)N1CCC(Oc2nc3c(F)cc(F)cc3s2)CC1. The predicted octanol–water partition coefficient (Wildman–Crippen LogP) is 4.03. The molecule has 0 saturated carbocycles. The van der Waals surface area contributed by atoms with Crippen LogP contribution in [0.1, 0.15) is 23.2 Å². The number of fused-ring (bicyclic) bond motifs is 2. The van der Waals surface area contributed by atoms with E-state index in [0.29, 0.717) is 66.1 Å². The zero-order valence-electron chi connectivity index (χ0n) is 15.9. The summed E-state index contributed by atoms with van der Waals surface area (Å²) in [4.78, 5) is 18.8. The molecule has 1 saturated heterocycles. The maximum atomic E-state index is 13.8. The molecule has 1 aromatic heterocycles. The number of halogens is 2. The first-order chi connectivity index (χ1) is 14.6. The third-order valence-electron chi connectivity index (χ3n) is 5.18. The summed E-state index contributed by atoms with van der Waals surface area (Å²) in [6.07, 6.45) is 1.12. The summed E-state index contributed by atoms with van der Waals surface area (Å²) >= 11 is 1.12. The Kier molecular flexibility index (Phi) is 4.90. The van der Waals surface area contributed by atoms with E-state index in [4.69, 9.17) is 14.2 Å². The molecule has 2 aliphatic rings. The van der Waals surface area contributed by atoms with Crippen LogP contribution in [0, 0.1) is 11.6 Å². The van der Waals surface area contributed by atoms with Gasteiger partial charge in [0, 0.05) is 37.6 Å². The number of rotatable bonds is 3. The molecule has 2 aliphatic heterocycles. The lowest BCUT2D eigenvalue weighted by Gasteiger charge is -2.31. The molecule has 30 heavy (non-hydrogen) atoms. The molecule has 9 heteroatoms. The molecule has 0 N–H and O–H groups in total. The van der Waals surface area contributed by atoms with Crippen LogP contribution in [0.25, 0.3) is 10.2 Å². The number of hydrogen-bond donors (Lipinski definition) is 0. The predicted molar refractivity (Wildman–Crippen MR) is 107 cm³/mol. The van der Waals surface area contributed by atoms with Crippen molar-refractivity contribution in [1.82, 2.24) is 9.88 Å². The van der Waals surface area contributed by atoms with Crippen LogP contribution < -0.4 is 14.2 Å². The summed E-state index contributed by atoms with van der Waals surface area (Å²) < 4.78 is 44.5. The van der Waals surface area contributed by atoms with Gasteiger partial charge in [0.25, 0.3) is 11.1 Å². The summed E-state index contributed by atoms with van der Waals surface area (Å²) in [5.41, 5.74) is 0.671. The molecule has 1 fully saturated rings. The zero-order chi connectivity index (χ0) is 20.7. The molecule has 1 amide bonds. The third-order valence-corrected chi connectivity index (χ3v) is 6.07. The van der Waals surface area contributed by atoms with E-state index in [2.05, 4.69) is 4.98 Å². The fourth-order valence-corrected chi connectivity index (χ4v) is 4.59. The van der Waals surface area contributed by atoms with Crippen LogP contribution in [0.4, 0.5) is 8.78 Å². The smallest absolute Gasteiger partial charge is 0.274 e. The number of likely N-dealkylation sites (tertiary alicyclic amines) is 1. The summed E-state index contributed by atoms with van der Waals surface area (Å²) in [7, 11) is 0. The maximum absolute atomic E-state index is 13.8. The Labute approximate surface area is 175 Å². The summed E-state index contributed by atoms with van der Waals surface area (Å²) in [5, 5.41) is 0.311. The van der Waals surface area contributed by atoms with Crippen molar-refractivity contribution in [3.63, 3.8) is 0 Å². The van der Waals surface area contributed by atoms with Crippen molar-refractivity contribution in [2.45, 2.75) is 18.9 Å². The van der Waals surface area contributed by atoms with Gasteiger partial charge < -0.3 is 19.1 Å². The minimum Gasteiger partial charge on any atom is -0.486 e. The number of piperidine rings is 1. The Balaban J connectivity index is 1.22. The van der Waals surface area contributed by atoms with Gasteiger partial charge >= 0.3 is 0 Å². The van der Waals surface area contributed by atoms with Crippen LogP contribution in [-0.4, -0.2) is 48.2 Å². The standard InChI is InChI=1S/C21H18F2N2O4S/c22-13-10-15(23)19-18(11-13)30-21(24-19)29-14-3-5-25(6-4-14)20(26)12-1-2-16-17(9-12)28-8-7-27-16/h1-2,9-11,14H,3-8H2. The van der Waals surface area contributed by atoms with Gasteiger partial charge in [-0.05, 0) is 24.3 Å². The number of thiazole rings is 1. The molecule has 0 spiro atoms. The first-order valence-corrected chi connectivity index (χ1v) is 10.5. The molecule has 2 aromatic carbocycles. The number of amides is 1. The van der Waals surface area contributed by atoms with Gasteiger partial charge in [0.1, 0.15) is 30.7 Å². The van der Waals surface area contributed by atoms with E-state index in [0.717, 1.165) is 17.4 Å². The fraction of sp³-hybridized carbons (Fsp3) is 0.333. The first kappa shape index (κ1) is 19.0. The van der Waals surface area contributed by atoms with E-state index >= 15 is 0 Å². The second-order valence-electron chi connectivity index (χ2n) is 7.18. The Morgan fingerprint density at radius 2 is 1.87 bits per heavy atom. The average molecular weight is 432 g/mol. The maximum Gasteiger partial charge on any atom is 0.274 e. The third kappa shape index (κ3) is 3.65. The highest BCUT2D eigenvalue weighted by atomic mass is 32.1. The monoisotopic (exact) mass is 432 g/mol. The molecule has 3 heterocycles. The van der Waals surface area contributed by atoms with E-state index < -0.39 is 11.6 Å². The lowest BCUT2D eigenvalue weighted by molar-refractivity contribution is 0.0594. The number of benzene rings is 2. The largest absolute Gasteiger partial charge is 0.486 e. The minimum absolute atomic E-state index is 0.0667. The Morgan fingerprint density at radius 1 is 1.10 bits per heavy atom.